The lowest BCUT2D eigenvalue weighted by Crippen LogP contribution is -2.58. The first-order valence-corrected chi connectivity index (χ1v) is 5.08. The molecule has 1 fully saturated rings. The Hall–Kier alpha value is -1.10. The number of carbonyl (C=O) groups is 2. The highest BCUT2D eigenvalue weighted by Gasteiger charge is 2.45. The molecule has 0 spiro atoms. The van der Waals surface area contributed by atoms with E-state index < -0.39 is 48.7 Å². The summed E-state index contributed by atoms with van der Waals surface area (Å²) in [5, 5.41) is 3.79. The van der Waals surface area contributed by atoms with Gasteiger partial charge < -0.3 is 14.7 Å². The summed E-state index contributed by atoms with van der Waals surface area (Å²) in [7, 11) is 1.14. The number of rotatable bonds is 2. The van der Waals surface area contributed by atoms with Crippen molar-refractivity contribution in [1.29, 1.82) is 1.43 Å². The quantitative estimate of drug-likeness (QED) is 0.808. The van der Waals surface area contributed by atoms with E-state index in [1.165, 1.54) is 20.8 Å². The highest BCUT2D eigenvalue weighted by Crippen LogP contribution is 2.34. The van der Waals surface area contributed by atoms with Crippen molar-refractivity contribution in [2.75, 3.05) is 20.2 Å². The molecule has 5 nitrogen and oxygen atoms in total. The summed E-state index contributed by atoms with van der Waals surface area (Å²) in [5.74, 6) is -4.16. The largest absolute Gasteiger partial charge is 0.465 e. The standard InChI is InChI=1S/C12H21NO4/c1-12(2,3)10-8(7-17-4)9(14)5-6-13(10)11(15)16/h8,10H,5-7H2,1-4H3,(H,15,16)/i5D2,6D2,8D,10D/hD. The molecule has 0 aromatic heterocycles. The zero-order valence-corrected chi connectivity index (χ0v) is 10.3. The molecule has 0 saturated carbocycles. The Labute approximate surface area is 112 Å². The van der Waals surface area contributed by atoms with Gasteiger partial charge in [0.25, 0.3) is 1.43 Å². The molecule has 1 heterocycles. The fraction of sp³-hybridized carbons (Fsp3) is 0.833. The van der Waals surface area contributed by atoms with Gasteiger partial charge in [0, 0.05) is 26.8 Å². The molecule has 1 aliphatic heterocycles. The van der Waals surface area contributed by atoms with E-state index in [1.54, 1.807) is 0 Å². The highest BCUT2D eigenvalue weighted by atomic mass is 16.5. The van der Waals surface area contributed by atoms with Crippen molar-refractivity contribution in [2.24, 2.45) is 11.3 Å². The normalized spacial score (nSPS) is 46.5. The Kier molecular flexibility index (Phi) is 2.00. The van der Waals surface area contributed by atoms with Gasteiger partial charge in [0.05, 0.1) is 19.9 Å². The summed E-state index contributed by atoms with van der Waals surface area (Å²) in [6.07, 6.45) is -4.98. The molecule has 2 unspecified atom stereocenters. The van der Waals surface area contributed by atoms with Gasteiger partial charge in [-0.05, 0) is 5.41 Å². The maximum atomic E-state index is 12.7. The van der Waals surface area contributed by atoms with Crippen LogP contribution in [0.4, 0.5) is 4.79 Å². The molecular formula is C12H21NO4. The summed E-state index contributed by atoms with van der Waals surface area (Å²) < 4.78 is 60.4. The molecule has 1 aliphatic rings. The molecule has 1 saturated heterocycles. The summed E-state index contributed by atoms with van der Waals surface area (Å²) in [4.78, 5) is 24.8. The van der Waals surface area contributed by atoms with Crippen molar-refractivity contribution in [3.63, 3.8) is 0 Å². The molecule has 0 aliphatic carbocycles. The fourth-order valence-corrected chi connectivity index (χ4v) is 1.68. The number of hydrogen-bond acceptors (Lipinski definition) is 4. The number of carboxylic acid groups (broad SMARTS) is 1. The first-order valence-electron chi connectivity index (χ1n) is 8.49. The van der Waals surface area contributed by atoms with Crippen molar-refractivity contribution < 1.29 is 27.7 Å². The molecule has 1 amide bonds. The number of piperidine rings is 1. The van der Waals surface area contributed by atoms with Crippen LogP contribution in [0.2, 0.25) is 0 Å². The second kappa shape index (κ2) is 5.04. The van der Waals surface area contributed by atoms with Gasteiger partial charge in [-0.1, -0.05) is 20.8 Å². The van der Waals surface area contributed by atoms with Crippen molar-refractivity contribution in [2.45, 2.75) is 33.2 Å². The van der Waals surface area contributed by atoms with E-state index in [4.69, 9.17) is 14.4 Å². The number of methoxy groups -OCH3 is 1. The second-order valence-corrected chi connectivity index (χ2v) is 4.68. The number of ether oxygens (including phenoxy) is 1. The lowest BCUT2D eigenvalue weighted by Gasteiger charge is -2.45. The third-order valence-corrected chi connectivity index (χ3v) is 2.25. The molecule has 0 aromatic carbocycles. The molecule has 98 valence electrons. The Bertz CT molecular complexity index is 550. The zero-order chi connectivity index (χ0) is 19.4. The van der Waals surface area contributed by atoms with E-state index >= 15 is 0 Å². The number of ketones is 1. The first-order chi connectivity index (χ1) is 10.6. The molecule has 1 rings (SSSR count). The number of nitrogens with zero attached hydrogens (tertiary/aromatic N) is 1. The summed E-state index contributed by atoms with van der Waals surface area (Å²) in [6, 6.07) is -2.61. The number of likely N-dealkylation sites (tertiary alicyclic amines) is 1. The summed E-state index contributed by atoms with van der Waals surface area (Å²) in [5.41, 5.74) is -1.39. The van der Waals surface area contributed by atoms with Gasteiger partial charge in [-0.3, -0.25) is 4.79 Å². The topological polar surface area (TPSA) is 66.8 Å². The molecule has 0 aromatic rings. The van der Waals surface area contributed by atoms with Crippen LogP contribution in [0.15, 0.2) is 0 Å². The van der Waals surface area contributed by atoms with Gasteiger partial charge in [-0.25, -0.2) is 4.79 Å². The Morgan fingerprint density at radius 3 is 2.88 bits per heavy atom. The van der Waals surface area contributed by atoms with E-state index in [0.29, 0.717) is 0 Å². The number of amides is 1. The second-order valence-electron chi connectivity index (χ2n) is 4.68. The molecule has 1 N–H and O–H groups in total. The molecule has 5 heteroatoms. The number of Topliss-reactive ketones (excluding diaryl/α,β-unsaturated/α-hetero) is 1. The SMILES string of the molecule is [2H]OC(=O)N1C([2H])([2H])C([2H])([2H])C(=O)C([2H])(COC)C1([2H])C(C)(C)C. The summed E-state index contributed by atoms with van der Waals surface area (Å²) >= 11 is 0. The van der Waals surface area contributed by atoms with Gasteiger partial charge in [-0.15, -0.1) is 0 Å². The number of hydrogen-bond donors (Lipinski definition) is 1. The first kappa shape index (κ1) is 6.73. The van der Waals surface area contributed by atoms with Crippen molar-refractivity contribution in [3.05, 3.63) is 0 Å². The highest BCUT2D eigenvalue weighted by molar-refractivity contribution is 5.84. The third-order valence-electron chi connectivity index (χ3n) is 2.25. The van der Waals surface area contributed by atoms with Gasteiger partial charge in [-0.2, -0.15) is 0 Å². The van der Waals surface area contributed by atoms with Crippen LogP contribution >= 0.6 is 0 Å². The zero-order valence-electron chi connectivity index (χ0n) is 17.3. The van der Waals surface area contributed by atoms with Crippen LogP contribution in [0.1, 0.15) is 35.4 Å². The Morgan fingerprint density at radius 2 is 2.41 bits per heavy atom. The van der Waals surface area contributed by atoms with Gasteiger partial charge >= 0.3 is 6.09 Å². The van der Waals surface area contributed by atoms with Crippen LogP contribution in [-0.2, 0) is 9.53 Å². The monoisotopic (exact) mass is 250 g/mol. The van der Waals surface area contributed by atoms with E-state index in [2.05, 4.69) is 5.11 Å². The minimum absolute atomic E-state index is 0.0282. The predicted octanol–water partition coefficient (Wildman–Crippen LogP) is 1.62. The lowest BCUT2D eigenvalue weighted by atomic mass is 9.74. The van der Waals surface area contributed by atoms with Crippen LogP contribution in [-0.4, -0.2) is 48.1 Å². The predicted molar refractivity (Wildman–Crippen MR) is 63.0 cm³/mol. The molecule has 0 bridgehead atoms. The molecule has 2 atom stereocenters. The maximum absolute atomic E-state index is 12.7. The molecule has 0 radical (unpaired) electrons. The molecular weight excluding hydrogens is 222 g/mol. The smallest absolute Gasteiger partial charge is 0.407 e. The van der Waals surface area contributed by atoms with Crippen molar-refractivity contribution in [3.8, 4) is 0 Å². The van der Waals surface area contributed by atoms with Gasteiger partial charge in [0.1, 0.15) is 5.78 Å². The van der Waals surface area contributed by atoms with E-state index in [-0.39, 0.29) is 4.90 Å². The number of carbonyl (C=O) groups excluding carboxylic acids is 1. The van der Waals surface area contributed by atoms with Crippen LogP contribution in [0.3, 0.4) is 0 Å². The maximum Gasteiger partial charge on any atom is 0.407 e. The van der Waals surface area contributed by atoms with Crippen molar-refractivity contribution >= 4 is 11.9 Å². The lowest BCUT2D eigenvalue weighted by molar-refractivity contribution is -0.133. The average Bonchev–Trinajstić information content (AvgIpc) is 2.43. The fourth-order valence-electron chi connectivity index (χ4n) is 1.68. The average molecular weight is 250 g/mol. The van der Waals surface area contributed by atoms with E-state index in [1.807, 2.05) is 0 Å². The van der Waals surface area contributed by atoms with E-state index in [0.717, 1.165) is 7.11 Å². The molecule has 17 heavy (non-hydrogen) atoms. The van der Waals surface area contributed by atoms with Crippen LogP contribution in [0.25, 0.3) is 1.43 Å². The van der Waals surface area contributed by atoms with Gasteiger partial charge in [0.2, 0.25) is 0 Å². The van der Waals surface area contributed by atoms with Crippen molar-refractivity contribution in [1.82, 2.24) is 4.90 Å². The Balaban J connectivity index is 3.92. The summed E-state index contributed by atoms with van der Waals surface area (Å²) in [6.45, 7) is 0.133. The van der Waals surface area contributed by atoms with Crippen LogP contribution in [0.5, 0.6) is 0 Å². The minimum atomic E-state index is -3.31. The third kappa shape index (κ3) is 2.97. The van der Waals surface area contributed by atoms with Gasteiger partial charge in [0.15, 0.2) is 0 Å². The van der Waals surface area contributed by atoms with Crippen LogP contribution in [0, 0.1) is 11.3 Å². The minimum Gasteiger partial charge on any atom is -0.465 e. The van der Waals surface area contributed by atoms with E-state index in [9.17, 15) is 9.59 Å². The Morgan fingerprint density at radius 1 is 1.76 bits per heavy atom. The van der Waals surface area contributed by atoms with Crippen LogP contribution < -0.4 is 0 Å².